The van der Waals surface area contributed by atoms with Crippen LogP contribution < -0.4 is 0 Å². The number of benzene rings is 1. The highest BCUT2D eigenvalue weighted by molar-refractivity contribution is 6.04. The van der Waals surface area contributed by atoms with Gasteiger partial charge in [0.1, 0.15) is 0 Å². The Hall–Kier alpha value is -2.56. The number of hydrogen-bond acceptors (Lipinski definition) is 2. The van der Waals surface area contributed by atoms with Gasteiger partial charge in [0, 0.05) is 18.1 Å². The van der Waals surface area contributed by atoms with E-state index in [1.54, 1.807) is 12.1 Å². The summed E-state index contributed by atoms with van der Waals surface area (Å²) < 4.78 is 1.85. The number of nitrogens with zero attached hydrogens (tertiary/aromatic N) is 1. The molecule has 0 aliphatic carbocycles. The first-order valence-electron chi connectivity index (χ1n) is 5.67. The highest BCUT2D eigenvalue weighted by Gasteiger charge is 2.43. The SMILES string of the molecule is CC(C(=O)O)(C(=O)O)c1ccc(-n2cccc2)cc1. The molecular weight excluding hydrogens is 246 g/mol. The van der Waals surface area contributed by atoms with Crippen LogP contribution in [-0.2, 0) is 15.0 Å². The molecule has 2 rings (SSSR count). The van der Waals surface area contributed by atoms with E-state index < -0.39 is 17.4 Å². The Morgan fingerprint density at radius 3 is 1.89 bits per heavy atom. The van der Waals surface area contributed by atoms with E-state index >= 15 is 0 Å². The topological polar surface area (TPSA) is 79.5 Å². The van der Waals surface area contributed by atoms with Crippen molar-refractivity contribution in [3.63, 3.8) is 0 Å². The molecule has 5 nitrogen and oxygen atoms in total. The average Bonchev–Trinajstić information content (AvgIpc) is 2.91. The van der Waals surface area contributed by atoms with Crippen LogP contribution in [0.2, 0.25) is 0 Å². The molecule has 0 saturated heterocycles. The third kappa shape index (κ3) is 2.10. The zero-order valence-electron chi connectivity index (χ0n) is 10.3. The lowest BCUT2D eigenvalue weighted by Crippen LogP contribution is -2.40. The summed E-state index contributed by atoms with van der Waals surface area (Å²) in [5.74, 6) is -2.76. The van der Waals surface area contributed by atoms with E-state index in [2.05, 4.69) is 0 Å². The van der Waals surface area contributed by atoms with Crippen molar-refractivity contribution in [1.82, 2.24) is 4.57 Å². The van der Waals surface area contributed by atoms with Crippen molar-refractivity contribution >= 4 is 11.9 Å². The molecule has 0 aliphatic rings. The monoisotopic (exact) mass is 259 g/mol. The van der Waals surface area contributed by atoms with Crippen LogP contribution in [0.3, 0.4) is 0 Å². The van der Waals surface area contributed by atoms with Crippen molar-refractivity contribution < 1.29 is 19.8 Å². The number of hydrogen-bond donors (Lipinski definition) is 2. The quantitative estimate of drug-likeness (QED) is 0.822. The van der Waals surface area contributed by atoms with E-state index in [4.69, 9.17) is 10.2 Å². The van der Waals surface area contributed by atoms with E-state index in [0.717, 1.165) is 5.69 Å². The van der Waals surface area contributed by atoms with Crippen LogP contribution in [0.5, 0.6) is 0 Å². The van der Waals surface area contributed by atoms with Gasteiger partial charge in [-0.1, -0.05) is 12.1 Å². The summed E-state index contributed by atoms with van der Waals surface area (Å²) in [4.78, 5) is 22.4. The van der Waals surface area contributed by atoms with Crippen molar-refractivity contribution in [2.75, 3.05) is 0 Å². The molecule has 0 unspecified atom stereocenters. The minimum Gasteiger partial charge on any atom is -0.480 e. The van der Waals surface area contributed by atoms with Crippen LogP contribution in [0.4, 0.5) is 0 Å². The first-order chi connectivity index (χ1) is 8.96. The molecule has 5 heteroatoms. The summed E-state index contributed by atoms with van der Waals surface area (Å²) in [7, 11) is 0. The molecule has 2 N–H and O–H groups in total. The summed E-state index contributed by atoms with van der Waals surface area (Å²) in [6.07, 6.45) is 3.70. The third-order valence-corrected chi connectivity index (χ3v) is 3.20. The van der Waals surface area contributed by atoms with Crippen LogP contribution in [-0.4, -0.2) is 26.7 Å². The highest BCUT2D eigenvalue weighted by atomic mass is 16.4. The molecule has 0 fully saturated rings. The molecular formula is C14H13NO4. The van der Waals surface area contributed by atoms with Gasteiger partial charge in [-0.2, -0.15) is 0 Å². The van der Waals surface area contributed by atoms with Gasteiger partial charge in [0.25, 0.3) is 0 Å². The number of rotatable bonds is 4. The fourth-order valence-corrected chi connectivity index (χ4v) is 1.81. The maximum atomic E-state index is 11.2. The van der Waals surface area contributed by atoms with Gasteiger partial charge in [-0.3, -0.25) is 9.59 Å². The lowest BCUT2D eigenvalue weighted by molar-refractivity contribution is -0.156. The Kier molecular flexibility index (Phi) is 3.12. The lowest BCUT2D eigenvalue weighted by Gasteiger charge is -2.20. The number of aliphatic carboxylic acids is 2. The van der Waals surface area contributed by atoms with Gasteiger partial charge in [0.05, 0.1) is 0 Å². The molecule has 0 spiro atoms. The predicted molar refractivity (Wildman–Crippen MR) is 68.4 cm³/mol. The van der Waals surface area contributed by atoms with Gasteiger partial charge < -0.3 is 14.8 Å². The molecule has 98 valence electrons. The van der Waals surface area contributed by atoms with E-state index in [1.165, 1.54) is 19.1 Å². The van der Waals surface area contributed by atoms with E-state index in [9.17, 15) is 9.59 Å². The molecule has 0 amide bonds. The number of aromatic nitrogens is 1. The van der Waals surface area contributed by atoms with Crippen molar-refractivity contribution in [3.05, 3.63) is 54.4 Å². The van der Waals surface area contributed by atoms with E-state index in [1.807, 2.05) is 29.1 Å². The van der Waals surface area contributed by atoms with Gasteiger partial charge >= 0.3 is 11.9 Å². The smallest absolute Gasteiger partial charge is 0.325 e. The molecule has 0 aliphatic heterocycles. The number of carboxylic acids is 2. The molecule has 0 radical (unpaired) electrons. The van der Waals surface area contributed by atoms with Gasteiger partial charge in [-0.15, -0.1) is 0 Å². The Balaban J connectivity index is 2.42. The molecule has 1 aromatic carbocycles. The third-order valence-electron chi connectivity index (χ3n) is 3.20. The first-order valence-corrected chi connectivity index (χ1v) is 5.67. The second-order valence-corrected chi connectivity index (χ2v) is 4.37. The molecule has 19 heavy (non-hydrogen) atoms. The van der Waals surface area contributed by atoms with Crippen LogP contribution >= 0.6 is 0 Å². The second-order valence-electron chi connectivity index (χ2n) is 4.37. The minimum atomic E-state index is -1.94. The predicted octanol–water partition coefficient (Wildman–Crippen LogP) is 1.90. The van der Waals surface area contributed by atoms with Crippen LogP contribution in [0, 0.1) is 0 Å². The maximum Gasteiger partial charge on any atom is 0.325 e. The number of carbonyl (C=O) groups is 2. The summed E-state index contributed by atoms with van der Waals surface area (Å²) >= 11 is 0. The fourth-order valence-electron chi connectivity index (χ4n) is 1.81. The molecule has 0 bridgehead atoms. The van der Waals surface area contributed by atoms with Crippen molar-refractivity contribution in [3.8, 4) is 5.69 Å². The minimum absolute atomic E-state index is 0.239. The second kappa shape index (κ2) is 4.61. The van der Waals surface area contributed by atoms with Gasteiger partial charge in [0.15, 0.2) is 5.41 Å². The Bertz CT molecular complexity index is 585. The fraction of sp³-hybridized carbons (Fsp3) is 0.143. The zero-order valence-corrected chi connectivity index (χ0v) is 10.3. The van der Waals surface area contributed by atoms with Gasteiger partial charge in [-0.25, -0.2) is 0 Å². The first kappa shape index (κ1) is 12.9. The molecule has 0 saturated carbocycles. The normalized spacial score (nSPS) is 11.2. The lowest BCUT2D eigenvalue weighted by atomic mass is 9.82. The molecule has 2 aromatic rings. The van der Waals surface area contributed by atoms with Crippen molar-refractivity contribution in [1.29, 1.82) is 0 Å². The maximum absolute atomic E-state index is 11.2. The largest absolute Gasteiger partial charge is 0.480 e. The van der Waals surface area contributed by atoms with E-state index in [-0.39, 0.29) is 5.56 Å². The highest BCUT2D eigenvalue weighted by Crippen LogP contribution is 2.25. The summed E-state index contributed by atoms with van der Waals surface area (Å²) in [5, 5.41) is 18.2. The summed E-state index contributed by atoms with van der Waals surface area (Å²) in [6.45, 7) is 1.18. The Morgan fingerprint density at radius 1 is 1.00 bits per heavy atom. The Labute approximate surface area is 109 Å². The van der Waals surface area contributed by atoms with Gasteiger partial charge in [-0.05, 0) is 36.8 Å². The summed E-state index contributed by atoms with van der Waals surface area (Å²) in [5.41, 5.74) is -0.856. The van der Waals surface area contributed by atoms with E-state index in [0.29, 0.717) is 0 Å². The average molecular weight is 259 g/mol. The molecule has 0 atom stereocenters. The van der Waals surface area contributed by atoms with Crippen LogP contribution in [0.25, 0.3) is 5.69 Å². The van der Waals surface area contributed by atoms with Crippen LogP contribution in [0.15, 0.2) is 48.8 Å². The number of carboxylic acid groups (broad SMARTS) is 2. The Morgan fingerprint density at radius 2 is 1.47 bits per heavy atom. The zero-order chi connectivity index (χ0) is 14.0. The van der Waals surface area contributed by atoms with Gasteiger partial charge in [0.2, 0.25) is 0 Å². The summed E-state index contributed by atoms with van der Waals surface area (Å²) in [6, 6.07) is 10.2. The van der Waals surface area contributed by atoms with Crippen LogP contribution in [0.1, 0.15) is 12.5 Å². The molecule has 1 heterocycles. The molecule has 1 aromatic heterocycles. The standard InChI is InChI=1S/C14H13NO4/c1-14(12(16)17,13(18)19)10-4-6-11(7-5-10)15-8-2-3-9-15/h2-9H,1H3,(H,16,17)(H,18,19). The van der Waals surface area contributed by atoms with Crippen molar-refractivity contribution in [2.24, 2.45) is 0 Å². The van der Waals surface area contributed by atoms with Crippen molar-refractivity contribution in [2.45, 2.75) is 12.3 Å².